The van der Waals surface area contributed by atoms with Crippen molar-refractivity contribution in [1.29, 1.82) is 10.8 Å². The maximum absolute atomic E-state index is 13.7. The second-order valence-electron chi connectivity index (χ2n) is 9.80. The number of hydrogen-bond donors (Lipinski definition) is 0. The van der Waals surface area contributed by atoms with Crippen LogP contribution in [0.1, 0.15) is 0 Å². The zero-order valence-corrected chi connectivity index (χ0v) is 24.9. The highest BCUT2D eigenvalue weighted by Crippen LogP contribution is 2.43. The van der Waals surface area contributed by atoms with Crippen molar-refractivity contribution in [2.45, 2.75) is 9.79 Å². The Hall–Kier alpha value is -6.22. The van der Waals surface area contributed by atoms with Gasteiger partial charge in [-0.15, -0.1) is 0 Å². The third-order valence-electron chi connectivity index (χ3n) is 7.09. The molecule has 0 aliphatic heterocycles. The van der Waals surface area contributed by atoms with Gasteiger partial charge in [-0.2, -0.15) is 16.8 Å². The largest absolute Gasteiger partial charge is 0.867 e. The molecule has 6 aromatic carbocycles. The summed E-state index contributed by atoms with van der Waals surface area (Å²) in [5.74, 6) is -1.78. The quantitative estimate of drug-likeness (QED) is 0.140. The van der Waals surface area contributed by atoms with Gasteiger partial charge in [-0.25, -0.2) is 0 Å². The van der Waals surface area contributed by atoms with Gasteiger partial charge in [0.2, 0.25) is 10.8 Å². The summed E-state index contributed by atoms with van der Waals surface area (Å²) in [5, 5.41) is 44.0. The fourth-order valence-corrected chi connectivity index (χ4v) is 7.36. The van der Waals surface area contributed by atoms with Gasteiger partial charge in [0.25, 0.3) is 0 Å². The lowest BCUT2D eigenvalue weighted by molar-refractivity contribution is -0.265. The molecule has 226 valence electrons. The average Bonchev–Trinajstić information content (AvgIpc) is 3.05. The topological polar surface area (TPSA) is 189 Å². The molecule has 0 bridgehead atoms. The molecule has 14 heteroatoms. The maximum atomic E-state index is 13.7. The molecule has 12 nitrogen and oxygen atoms in total. The van der Waals surface area contributed by atoms with Crippen LogP contribution in [0, 0.1) is 10.8 Å². The second-order valence-corrected chi connectivity index (χ2v) is 12.8. The van der Waals surface area contributed by atoms with Gasteiger partial charge < -0.3 is 18.6 Å². The molecule has 0 aliphatic carbocycles. The summed E-state index contributed by atoms with van der Waals surface area (Å²) >= 11 is 0. The lowest BCUT2D eigenvalue weighted by Crippen LogP contribution is -2.13. The van der Waals surface area contributed by atoms with Crippen LogP contribution in [0.3, 0.4) is 0 Å². The minimum absolute atomic E-state index is 0.00750. The Labute approximate surface area is 261 Å². The Morgan fingerprint density at radius 1 is 0.500 bits per heavy atom. The van der Waals surface area contributed by atoms with E-state index in [1.165, 1.54) is 84.9 Å². The molecule has 0 aromatic heterocycles. The normalized spacial score (nSPS) is 11.5. The molecule has 0 amide bonds. The fraction of sp³-hybridized carbons (Fsp3) is 0. The molecule has 46 heavy (non-hydrogen) atoms. The van der Waals surface area contributed by atoms with Gasteiger partial charge in [0.15, 0.2) is 21.5 Å². The number of hydrogen-bond acceptors (Lipinski definition) is 10. The first-order valence-corrected chi connectivity index (χ1v) is 16.1. The summed E-state index contributed by atoms with van der Waals surface area (Å²) in [4.78, 5) is 4.99. The molecule has 0 spiro atoms. The smallest absolute Gasteiger partial charge is 0.379 e. The lowest BCUT2D eigenvalue weighted by atomic mass is 10.0. The average molecular weight is 651 g/mol. The van der Waals surface area contributed by atoms with Crippen LogP contribution in [-0.4, -0.2) is 16.8 Å². The van der Waals surface area contributed by atoms with Crippen LogP contribution in [0.25, 0.3) is 42.6 Å². The highest BCUT2D eigenvalue weighted by molar-refractivity contribution is 7.87. The highest BCUT2D eigenvalue weighted by Gasteiger charge is 2.29. The van der Waals surface area contributed by atoms with E-state index < -0.39 is 52.9 Å². The van der Waals surface area contributed by atoms with E-state index in [0.717, 1.165) is 12.1 Å². The van der Waals surface area contributed by atoms with Crippen LogP contribution < -0.4 is 18.6 Å². The van der Waals surface area contributed by atoms with Crippen LogP contribution in [-0.2, 0) is 20.2 Å². The summed E-state index contributed by atoms with van der Waals surface area (Å²) in [5.41, 5.74) is -0.764. The summed E-state index contributed by atoms with van der Waals surface area (Å²) in [6, 6.07) is 25.3. The Kier molecular flexibility index (Phi) is 7.37. The third kappa shape index (κ3) is 5.13. The van der Waals surface area contributed by atoms with Crippen molar-refractivity contribution >= 4 is 53.2 Å². The first kappa shape index (κ1) is 29.8. The summed E-state index contributed by atoms with van der Waals surface area (Å²) in [6.45, 7) is 0. The molecule has 0 radical (unpaired) electrons. The molecule has 0 saturated heterocycles. The molecule has 0 fully saturated rings. The summed E-state index contributed by atoms with van der Waals surface area (Å²) < 4.78 is 65.8. The fourth-order valence-electron chi connectivity index (χ4n) is 5.01. The van der Waals surface area contributed by atoms with Crippen molar-refractivity contribution in [2.75, 3.05) is 0 Å². The van der Waals surface area contributed by atoms with Crippen molar-refractivity contribution in [3.8, 4) is 34.1 Å². The van der Waals surface area contributed by atoms with Gasteiger partial charge in [-0.05, 0) is 34.4 Å². The zero-order chi connectivity index (χ0) is 32.6. The highest BCUT2D eigenvalue weighted by atomic mass is 32.2. The van der Waals surface area contributed by atoms with Crippen LogP contribution in [0.2, 0.25) is 0 Å². The molecule has 0 aliphatic rings. The number of para-hydroxylation sites is 2. The van der Waals surface area contributed by atoms with E-state index >= 15 is 0 Å². The molecular formula is C32H18N4O8S2. The number of benzene rings is 6. The van der Waals surface area contributed by atoms with Crippen LogP contribution in [0.4, 0.5) is 11.4 Å². The number of fused-ring (bicyclic) bond motifs is 2. The minimum Gasteiger partial charge on any atom is -0.867 e. The first-order chi connectivity index (χ1) is 22.1. The first-order valence-electron chi connectivity index (χ1n) is 13.3. The van der Waals surface area contributed by atoms with Crippen molar-refractivity contribution < 1.29 is 35.4 Å². The molecule has 6 aromatic rings. The van der Waals surface area contributed by atoms with Gasteiger partial charge in [-0.1, -0.05) is 84.9 Å². The summed E-state index contributed by atoms with van der Waals surface area (Å²) in [7, 11) is -9.36. The molecular weight excluding hydrogens is 633 g/mol. The van der Waals surface area contributed by atoms with E-state index in [1.54, 1.807) is 12.1 Å². The second kappa shape index (κ2) is 11.4. The zero-order valence-electron chi connectivity index (χ0n) is 23.3. The molecule has 0 unspecified atom stereocenters. The molecule has 0 N–H and O–H groups in total. The Morgan fingerprint density at radius 3 is 1.20 bits per heavy atom. The third-order valence-corrected chi connectivity index (χ3v) is 9.64. The molecule has 0 atom stereocenters. The Balaban J connectivity index is 1.44. The van der Waals surface area contributed by atoms with E-state index in [0.29, 0.717) is 0 Å². The minimum atomic E-state index is -4.68. The van der Waals surface area contributed by atoms with Gasteiger partial charge in [0.1, 0.15) is 9.79 Å². The van der Waals surface area contributed by atoms with Crippen molar-refractivity contribution in [3.63, 3.8) is 0 Å². The molecule has 0 saturated carbocycles. The van der Waals surface area contributed by atoms with Gasteiger partial charge >= 0.3 is 31.6 Å². The van der Waals surface area contributed by atoms with Crippen LogP contribution in [0.5, 0.6) is 23.0 Å². The Bertz CT molecular complexity index is 2350. The number of rotatable bonds is 7. The predicted octanol–water partition coefficient (Wildman–Crippen LogP) is 6.31. The Morgan fingerprint density at radius 2 is 0.826 bits per heavy atom. The van der Waals surface area contributed by atoms with Crippen molar-refractivity contribution in [3.05, 3.63) is 119 Å². The van der Waals surface area contributed by atoms with E-state index in [1.807, 2.05) is 0 Å². The standard InChI is InChI=1S/C32H18N4O8S2/c33-35-25-17-29(21-11-1-3-13-23(21)31(25)37)45(39,40)43-27-15-7-5-9-19(27)20-10-6-8-16-28(20)44-46(41,42)30-18-26(36-34)32(38)24-14-4-2-12-22(24)30/h1-18H. The SMILES string of the molecule is N#[N+]c1cc(S(=O)(=O)Oc2ccccc2-c2ccccc2OS(=O)(=O)c2cc([N+]#N)c([O-])c3ccccc23)c2ccccc2c1[O-]. The molecule has 0 heterocycles. The van der Waals surface area contributed by atoms with E-state index in [-0.39, 0.29) is 44.2 Å². The molecule has 6 rings (SSSR count). The van der Waals surface area contributed by atoms with Crippen LogP contribution >= 0.6 is 0 Å². The van der Waals surface area contributed by atoms with Crippen molar-refractivity contribution in [2.24, 2.45) is 0 Å². The van der Waals surface area contributed by atoms with Gasteiger partial charge in [0.05, 0.1) is 12.1 Å². The van der Waals surface area contributed by atoms with Crippen molar-refractivity contribution in [1.82, 2.24) is 0 Å². The monoisotopic (exact) mass is 650 g/mol. The van der Waals surface area contributed by atoms with Crippen LogP contribution in [0.15, 0.2) is 119 Å². The van der Waals surface area contributed by atoms with Gasteiger partial charge in [0, 0.05) is 21.9 Å². The predicted molar refractivity (Wildman–Crippen MR) is 164 cm³/mol. The van der Waals surface area contributed by atoms with E-state index in [9.17, 15) is 37.8 Å². The summed E-state index contributed by atoms with van der Waals surface area (Å²) in [6.07, 6.45) is 0. The number of diazo groups is 2. The van der Waals surface area contributed by atoms with Gasteiger partial charge in [-0.3, -0.25) is 0 Å². The lowest BCUT2D eigenvalue weighted by Gasteiger charge is -2.17. The maximum Gasteiger partial charge on any atom is 0.379 e. The van der Waals surface area contributed by atoms with E-state index in [2.05, 4.69) is 9.95 Å². The van der Waals surface area contributed by atoms with E-state index in [4.69, 9.17) is 8.37 Å². The number of nitrogens with zero attached hydrogens (tertiary/aromatic N) is 4.